The summed E-state index contributed by atoms with van der Waals surface area (Å²) >= 11 is 1.74. The molecule has 0 aliphatic heterocycles. The number of ketones is 1. The van der Waals surface area contributed by atoms with Gasteiger partial charge in [-0.2, -0.15) is 0 Å². The normalized spacial score (nSPS) is 26.1. The number of aromatic nitrogens is 2. The predicted octanol–water partition coefficient (Wildman–Crippen LogP) is 2.94. The van der Waals surface area contributed by atoms with Crippen molar-refractivity contribution in [2.45, 2.75) is 76.0 Å². The minimum absolute atomic E-state index is 0.0528. The Labute approximate surface area is 163 Å². The summed E-state index contributed by atoms with van der Waals surface area (Å²) in [6.07, 6.45) is 8.93. The van der Waals surface area contributed by atoms with E-state index in [-0.39, 0.29) is 11.9 Å². The molecule has 2 atom stereocenters. The third-order valence-corrected chi connectivity index (χ3v) is 7.29. The maximum atomic E-state index is 11.6. The fourth-order valence-corrected chi connectivity index (χ4v) is 5.70. The molecule has 2 aromatic heterocycles. The molecule has 2 heterocycles. The Kier molecular flexibility index (Phi) is 5.43. The van der Waals surface area contributed by atoms with Gasteiger partial charge in [0.15, 0.2) is 0 Å². The molecule has 27 heavy (non-hydrogen) atoms. The number of hydrogen-bond donors (Lipinski definition) is 2. The van der Waals surface area contributed by atoms with Gasteiger partial charge in [-0.3, -0.25) is 4.79 Å². The van der Waals surface area contributed by atoms with Crippen LogP contribution in [0.2, 0.25) is 0 Å². The van der Waals surface area contributed by atoms with Crippen LogP contribution in [0.4, 0.5) is 0 Å². The number of nitrogens with zero attached hydrogens (tertiary/aromatic N) is 2. The molecule has 146 valence electrons. The van der Waals surface area contributed by atoms with Crippen molar-refractivity contribution in [2.75, 3.05) is 7.05 Å². The van der Waals surface area contributed by atoms with Crippen molar-refractivity contribution >= 4 is 27.3 Å². The summed E-state index contributed by atoms with van der Waals surface area (Å²) in [4.78, 5) is 23.0. The van der Waals surface area contributed by atoms with Crippen molar-refractivity contribution in [2.24, 2.45) is 5.73 Å². The van der Waals surface area contributed by atoms with Crippen molar-refractivity contribution in [1.29, 1.82) is 0 Å². The fourth-order valence-electron chi connectivity index (χ4n) is 4.47. The molecule has 4 rings (SSSR count). The molecule has 0 unspecified atom stereocenters. The van der Waals surface area contributed by atoms with Crippen LogP contribution in [0.15, 0.2) is 6.33 Å². The topological polar surface area (TPSA) is 90.1 Å². The minimum Gasteiger partial charge on any atom is -0.474 e. The van der Waals surface area contributed by atoms with Crippen LogP contribution in [0.1, 0.15) is 61.8 Å². The molecule has 1 saturated carbocycles. The van der Waals surface area contributed by atoms with Crippen LogP contribution in [-0.4, -0.2) is 41.0 Å². The van der Waals surface area contributed by atoms with Crippen LogP contribution in [0.25, 0.3) is 10.2 Å². The van der Waals surface area contributed by atoms with Crippen LogP contribution < -0.4 is 15.8 Å². The monoisotopic (exact) mass is 388 g/mol. The number of carbonyl (C=O) groups excluding carboxylic acids is 1. The molecule has 0 spiro atoms. The molecule has 3 N–H and O–H groups in total. The van der Waals surface area contributed by atoms with Crippen molar-refractivity contribution in [1.82, 2.24) is 15.3 Å². The summed E-state index contributed by atoms with van der Waals surface area (Å²) in [6, 6.07) is 0.194. The Morgan fingerprint density at radius 3 is 2.81 bits per heavy atom. The molecular weight excluding hydrogens is 360 g/mol. The molecule has 0 amide bonds. The number of thiophene rings is 1. The molecule has 0 bridgehead atoms. The van der Waals surface area contributed by atoms with E-state index in [9.17, 15) is 4.79 Å². The lowest BCUT2D eigenvalue weighted by Gasteiger charge is -2.28. The standard InChI is InChI=1S/C20H28N4O2S/c1-11(25)15(21)9-12-3-8-16-17(12)18-19(23-10-24-20(18)27-16)26-14-6-4-13(22-2)5-7-14/h10,12-15,22H,3-9,21H2,1-2H3/t12-,13-,14-,15+/m1/s1. The number of nitrogens with one attached hydrogen (secondary N) is 1. The summed E-state index contributed by atoms with van der Waals surface area (Å²) < 4.78 is 6.38. The van der Waals surface area contributed by atoms with Crippen LogP contribution in [-0.2, 0) is 11.2 Å². The molecular formula is C20H28N4O2S. The van der Waals surface area contributed by atoms with Gasteiger partial charge in [0, 0.05) is 10.9 Å². The second-order valence-electron chi connectivity index (χ2n) is 7.87. The smallest absolute Gasteiger partial charge is 0.225 e. The third-order valence-electron chi connectivity index (χ3n) is 6.12. The number of fused-ring (bicyclic) bond motifs is 3. The van der Waals surface area contributed by atoms with E-state index in [2.05, 4.69) is 15.3 Å². The van der Waals surface area contributed by atoms with Gasteiger partial charge in [-0.05, 0) is 70.4 Å². The lowest BCUT2D eigenvalue weighted by Crippen LogP contribution is -2.34. The molecule has 2 aromatic rings. The van der Waals surface area contributed by atoms with Gasteiger partial charge in [0.25, 0.3) is 0 Å². The molecule has 2 aliphatic rings. The summed E-state index contributed by atoms with van der Waals surface area (Å²) in [6.45, 7) is 1.57. The zero-order valence-electron chi connectivity index (χ0n) is 16.0. The van der Waals surface area contributed by atoms with Crippen LogP contribution in [0.5, 0.6) is 5.88 Å². The molecule has 0 radical (unpaired) electrons. The maximum absolute atomic E-state index is 11.6. The Hall–Kier alpha value is -1.57. The summed E-state index contributed by atoms with van der Waals surface area (Å²) in [5.41, 5.74) is 7.35. The van der Waals surface area contributed by atoms with E-state index in [1.807, 2.05) is 7.05 Å². The first kappa shape index (κ1) is 18.8. The predicted molar refractivity (Wildman–Crippen MR) is 107 cm³/mol. The fraction of sp³-hybridized carbons (Fsp3) is 0.650. The minimum atomic E-state index is -0.401. The van der Waals surface area contributed by atoms with Crippen molar-refractivity contribution < 1.29 is 9.53 Å². The van der Waals surface area contributed by atoms with E-state index in [1.54, 1.807) is 24.6 Å². The van der Waals surface area contributed by atoms with E-state index in [0.29, 0.717) is 24.3 Å². The van der Waals surface area contributed by atoms with Gasteiger partial charge in [0.2, 0.25) is 5.88 Å². The number of hydrogen-bond acceptors (Lipinski definition) is 7. The lowest BCUT2D eigenvalue weighted by molar-refractivity contribution is -0.118. The van der Waals surface area contributed by atoms with Gasteiger partial charge < -0.3 is 15.8 Å². The maximum Gasteiger partial charge on any atom is 0.225 e. The number of Topliss-reactive ketones (excluding diaryl/α,β-unsaturated/α-hetero) is 1. The number of aryl methyl sites for hydroxylation is 1. The van der Waals surface area contributed by atoms with Crippen molar-refractivity contribution in [3.8, 4) is 5.88 Å². The summed E-state index contributed by atoms with van der Waals surface area (Å²) in [5.74, 6) is 1.06. The molecule has 0 saturated heterocycles. The highest BCUT2D eigenvalue weighted by Gasteiger charge is 2.32. The Morgan fingerprint density at radius 1 is 1.33 bits per heavy atom. The second-order valence-corrected chi connectivity index (χ2v) is 8.95. The number of carbonyl (C=O) groups is 1. The lowest BCUT2D eigenvalue weighted by atomic mass is 9.92. The highest BCUT2D eigenvalue weighted by atomic mass is 32.1. The highest BCUT2D eigenvalue weighted by molar-refractivity contribution is 7.19. The van der Waals surface area contributed by atoms with E-state index >= 15 is 0 Å². The second kappa shape index (κ2) is 7.81. The SMILES string of the molecule is CN[C@H]1CC[C@H](Oc2ncnc3sc4c(c23)[C@@H](C[C@H](N)C(C)=O)CC4)CC1. The highest BCUT2D eigenvalue weighted by Crippen LogP contribution is 2.47. The average molecular weight is 389 g/mol. The Bertz CT molecular complexity index is 829. The molecule has 2 aliphatic carbocycles. The number of ether oxygens (including phenoxy) is 1. The van der Waals surface area contributed by atoms with Gasteiger partial charge in [-0.1, -0.05) is 0 Å². The zero-order chi connectivity index (χ0) is 19.0. The first-order valence-electron chi connectivity index (χ1n) is 9.93. The van der Waals surface area contributed by atoms with E-state index in [0.717, 1.165) is 48.7 Å². The number of rotatable bonds is 6. The number of nitrogens with two attached hydrogens (primary N) is 1. The molecule has 1 fully saturated rings. The van der Waals surface area contributed by atoms with Crippen LogP contribution >= 0.6 is 11.3 Å². The molecule has 0 aromatic carbocycles. The first-order valence-corrected chi connectivity index (χ1v) is 10.7. The largest absolute Gasteiger partial charge is 0.474 e. The summed E-state index contributed by atoms with van der Waals surface area (Å²) in [5, 5.41) is 4.42. The van der Waals surface area contributed by atoms with E-state index in [1.165, 1.54) is 10.4 Å². The average Bonchev–Trinajstić information content (AvgIpc) is 3.22. The molecule has 6 nitrogen and oxygen atoms in total. The third kappa shape index (κ3) is 3.73. The zero-order valence-corrected chi connectivity index (χ0v) is 16.8. The van der Waals surface area contributed by atoms with Crippen molar-refractivity contribution in [3.05, 3.63) is 16.8 Å². The van der Waals surface area contributed by atoms with Gasteiger partial charge in [0.05, 0.1) is 11.4 Å². The van der Waals surface area contributed by atoms with Gasteiger partial charge in [0.1, 0.15) is 23.0 Å². The Balaban J connectivity index is 1.60. The van der Waals surface area contributed by atoms with E-state index in [4.69, 9.17) is 10.5 Å². The van der Waals surface area contributed by atoms with Gasteiger partial charge in [-0.25, -0.2) is 9.97 Å². The Morgan fingerprint density at radius 2 is 2.11 bits per heavy atom. The van der Waals surface area contributed by atoms with Crippen molar-refractivity contribution in [3.63, 3.8) is 0 Å². The molecule has 7 heteroatoms. The van der Waals surface area contributed by atoms with E-state index < -0.39 is 6.04 Å². The quantitative estimate of drug-likeness (QED) is 0.791. The van der Waals surface area contributed by atoms with Crippen LogP contribution in [0.3, 0.4) is 0 Å². The van der Waals surface area contributed by atoms with Crippen LogP contribution in [0, 0.1) is 0 Å². The summed E-state index contributed by atoms with van der Waals surface area (Å²) in [7, 11) is 2.03. The van der Waals surface area contributed by atoms with Gasteiger partial charge >= 0.3 is 0 Å². The first-order chi connectivity index (χ1) is 13.1. The van der Waals surface area contributed by atoms with Gasteiger partial charge in [-0.15, -0.1) is 11.3 Å².